The first-order chi connectivity index (χ1) is 10.7. The molecule has 0 amide bonds. The average Bonchev–Trinajstić information content (AvgIpc) is 2.51. The Hall–Kier alpha value is -0.730. The van der Waals surface area contributed by atoms with Crippen LogP contribution in [0, 0.1) is 23.2 Å². The molecule has 1 atom stereocenters. The highest BCUT2D eigenvalue weighted by Gasteiger charge is 2.52. The summed E-state index contributed by atoms with van der Waals surface area (Å²) >= 11 is 0. The van der Waals surface area contributed by atoms with Crippen molar-refractivity contribution in [3.8, 4) is 5.75 Å². The van der Waals surface area contributed by atoms with Crippen LogP contribution in [0.25, 0.3) is 0 Å². The van der Waals surface area contributed by atoms with E-state index < -0.39 is 0 Å². The van der Waals surface area contributed by atoms with Gasteiger partial charge in [-0.05, 0) is 86.3 Å². The zero-order valence-electron chi connectivity index (χ0n) is 14.4. The van der Waals surface area contributed by atoms with Crippen molar-refractivity contribution in [3.05, 3.63) is 29.8 Å². The van der Waals surface area contributed by atoms with E-state index in [1.807, 2.05) is 0 Å². The first-order valence-electron chi connectivity index (χ1n) is 9.03. The molecule has 0 saturated heterocycles. The Kier molecular flexibility index (Phi) is 4.94. The van der Waals surface area contributed by atoms with E-state index in [1.165, 1.54) is 44.1 Å². The number of hydrogen-bond donors (Lipinski definition) is 1. The summed E-state index contributed by atoms with van der Waals surface area (Å²) in [4.78, 5) is 0. The average molecular weight is 336 g/mol. The van der Waals surface area contributed by atoms with Gasteiger partial charge in [-0.25, -0.2) is 0 Å². The van der Waals surface area contributed by atoms with Crippen molar-refractivity contribution in [2.75, 3.05) is 7.11 Å². The predicted molar refractivity (Wildman–Crippen MR) is 97.1 cm³/mol. The summed E-state index contributed by atoms with van der Waals surface area (Å²) < 4.78 is 5.24. The molecule has 1 aromatic rings. The maximum atomic E-state index is 5.24. The Labute approximate surface area is 146 Å². The molecule has 1 aromatic carbocycles. The SMILES string of the molecule is COc1ccc(CNC(C)C23CC4CC(CC(C4)C2)C3)cc1.Cl. The van der Waals surface area contributed by atoms with Gasteiger partial charge < -0.3 is 10.1 Å². The standard InChI is InChI=1S/C20H29NO.ClH/c1-14(21-13-15-3-5-19(22-2)6-4-15)20-10-16-7-17(11-20)9-18(8-16)12-20;/h3-6,14,16-18,21H,7-13H2,1-2H3;1H. The number of methoxy groups -OCH3 is 1. The molecule has 2 nitrogen and oxygen atoms in total. The van der Waals surface area contributed by atoms with Gasteiger partial charge in [-0.15, -0.1) is 12.4 Å². The van der Waals surface area contributed by atoms with Gasteiger partial charge in [0.15, 0.2) is 0 Å². The van der Waals surface area contributed by atoms with Crippen molar-refractivity contribution < 1.29 is 4.74 Å². The van der Waals surface area contributed by atoms with E-state index in [-0.39, 0.29) is 12.4 Å². The van der Waals surface area contributed by atoms with Crippen LogP contribution in [0.4, 0.5) is 0 Å². The first kappa shape index (κ1) is 17.1. The van der Waals surface area contributed by atoms with Crippen molar-refractivity contribution in [1.82, 2.24) is 5.32 Å². The Bertz CT molecular complexity index is 492. The number of ether oxygens (including phenoxy) is 1. The summed E-state index contributed by atoms with van der Waals surface area (Å²) in [7, 11) is 1.72. The lowest BCUT2D eigenvalue weighted by Gasteiger charge is -2.59. The molecule has 4 bridgehead atoms. The molecular weight excluding hydrogens is 306 g/mol. The van der Waals surface area contributed by atoms with Gasteiger partial charge in [-0.1, -0.05) is 12.1 Å². The van der Waals surface area contributed by atoms with Crippen molar-refractivity contribution in [2.24, 2.45) is 23.2 Å². The maximum absolute atomic E-state index is 5.24. The van der Waals surface area contributed by atoms with E-state index in [9.17, 15) is 0 Å². The third kappa shape index (κ3) is 3.25. The Morgan fingerprint density at radius 1 is 1.04 bits per heavy atom. The summed E-state index contributed by atoms with van der Waals surface area (Å²) in [5.41, 5.74) is 1.96. The van der Waals surface area contributed by atoms with E-state index in [0.717, 1.165) is 30.0 Å². The van der Waals surface area contributed by atoms with Gasteiger partial charge in [0.05, 0.1) is 7.11 Å². The van der Waals surface area contributed by atoms with Gasteiger partial charge in [-0.2, -0.15) is 0 Å². The van der Waals surface area contributed by atoms with Gasteiger partial charge in [-0.3, -0.25) is 0 Å². The molecule has 0 heterocycles. The quantitative estimate of drug-likeness (QED) is 0.833. The fraction of sp³-hybridized carbons (Fsp3) is 0.700. The monoisotopic (exact) mass is 335 g/mol. The predicted octanol–water partition coefficient (Wildman–Crippen LogP) is 4.81. The van der Waals surface area contributed by atoms with Crippen LogP contribution >= 0.6 is 12.4 Å². The summed E-state index contributed by atoms with van der Waals surface area (Å²) in [6.45, 7) is 3.42. The number of nitrogens with one attached hydrogen (secondary N) is 1. The summed E-state index contributed by atoms with van der Waals surface area (Å²) in [5, 5.41) is 3.85. The smallest absolute Gasteiger partial charge is 0.118 e. The molecule has 23 heavy (non-hydrogen) atoms. The lowest BCUT2D eigenvalue weighted by atomic mass is 9.48. The van der Waals surface area contributed by atoms with Crippen LogP contribution in [0.1, 0.15) is 51.0 Å². The Balaban J connectivity index is 0.00000156. The highest BCUT2D eigenvalue weighted by molar-refractivity contribution is 5.85. The second-order valence-corrected chi connectivity index (χ2v) is 8.23. The zero-order chi connectivity index (χ0) is 15.2. The molecule has 0 spiro atoms. The molecular formula is C20H30ClNO. The van der Waals surface area contributed by atoms with Crippen molar-refractivity contribution in [3.63, 3.8) is 0 Å². The minimum absolute atomic E-state index is 0. The summed E-state index contributed by atoms with van der Waals surface area (Å²) in [6.07, 6.45) is 9.04. The van der Waals surface area contributed by atoms with Gasteiger partial charge in [0.2, 0.25) is 0 Å². The largest absolute Gasteiger partial charge is 0.497 e. The molecule has 5 rings (SSSR count). The van der Waals surface area contributed by atoms with Crippen LogP contribution in [0.15, 0.2) is 24.3 Å². The summed E-state index contributed by atoms with van der Waals surface area (Å²) in [5.74, 6) is 4.06. The molecule has 1 N–H and O–H groups in total. The number of halogens is 1. The molecule has 1 unspecified atom stereocenters. The Morgan fingerprint density at radius 2 is 1.57 bits per heavy atom. The van der Waals surface area contributed by atoms with Crippen LogP contribution in [0.3, 0.4) is 0 Å². The van der Waals surface area contributed by atoms with Gasteiger partial charge >= 0.3 is 0 Å². The molecule has 4 saturated carbocycles. The molecule has 4 aliphatic rings. The minimum Gasteiger partial charge on any atom is -0.497 e. The third-order valence-corrected chi connectivity index (χ3v) is 6.78. The highest BCUT2D eigenvalue weighted by Crippen LogP contribution is 2.61. The van der Waals surface area contributed by atoms with E-state index in [1.54, 1.807) is 7.11 Å². The van der Waals surface area contributed by atoms with Crippen molar-refractivity contribution in [1.29, 1.82) is 0 Å². The van der Waals surface area contributed by atoms with Crippen LogP contribution in [-0.4, -0.2) is 13.2 Å². The molecule has 0 aliphatic heterocycles. The van der Waals surface area contributed by atoms with Crippen LogP contribution < -0.4 is 10.1 Å². The maximum Gasteiger partial charge on any atom is 0.118 e. The first-order valence-corrected chi connectivity index (χ1v) is 9.03. The van der Waals surface area contributed by atoms with E-state index in [4.69, 9.17) is 4.74 Å². The Morgan fingerprint density at radius 3 is 2.04 bits per heavy atom. The lowest BCUT2D eigenvalue weighted by molar-refractivity contribution is -0.0706. The molecule has 4 aliphatic carbocycles. The van der Waals surface area contributed by atoms with Crippen molar-refractivity contribution in [2.45, 2.75) is 58.0 Å². The van der Waals surface area contributed by atoms with Crippen molar-refractivity contribution >= 4 is 12.4 Å². The van der Waals surface area contributed by atoms with Crippen LogP contribution in [0.2, 0.25) is 0 Å². The normalized spacial score (nSPS) is 35.7. The molecule has 3 heteroatoms. The fourth-order valence-electron chi connectivity index (χ4n) is 5.94. The number of benzene rings is 1. The van der Waals surface area contributed by atoms with Gasteiger partial charge in [0.25, 0.3) is 0 Å². The van der Waals surface area contributed by atoms with E-state index in [2.05, 4.69) is 36.5 Å². The second kappa shape index (κ2) is 6.64. The minimum atomic E-state index is 0. The van der Waals surface area contributed by atoms with Gasteiger partial charge in [0.1, 0.15) is 5.75 Å². The lowest BCUT2D eigenvalue weighted by Crippen LogP contribution is -2.54. The molecule has 0 aromatic heterocycles. The topological polar surface area (TPSA) is 21.3 Å². The van der Waals surface area contributed by atoms with Gasteiger partial charge in [0, 0.05) is 12.6 Å². The zero-order valence-corrected chi connectivity index (χ0v) is 15.2. The number of hydrogen-bond acceptors (Lipinski definition) is 2. The molecule has 128 valence electrons. The van der Waals surface area contributed by atoms with Crippen LogP contribution in [0.5, 0.6) is 5.75 Å². The molecule has 4 fully saturated rings. The van der Waals surface area contributed by atoms with E-state index >= 15 is 0 Å². The van der Waals surface area contributed by atoms with E-state index in [0.29, 0.717) is 11.5 Å². The second-order valence-electron chi connectivity index (χ2n) is 8.23. The van der Waals surface area contributed by atoms with Crippen LogP contribution in [-0.2, 0) is 6.54 Å². The summed E-state index contributed by atoms with van der Waals surface area (Å²) in [6, 6.07) is 9.12. The highest BCUT2D eigenvalue weighted by atomic mass is 35.5. The third-order valence-electron chi connectivity index (χ3n) is 6.78. The fourth-order valence-corrected chi connectivity index (χ4v) is 5.94. The number of rotatable bonds is 5. The molecule has 0 radical (unpaired) electrons.